The Morgan fingerprint density at radius 1 is 1.31 bits per heavy atom. The first kappa shape index (κ1) is 13.9. The van der Waals surface area contributed by atoms with E-state index in [0.29, 0.717) is 18.6 Å². The zero-order valence-electron chi connectivity index (χ0n) is 11.5. The zero-order valence-corrected chi connectivity index (χ0v) is 11.5. The van der Waals surface area contributed by atoms with Crippen LogP contribution in [0.2, 0.25) is 0 Å². The molecule has 0 aliphatic carbocycles. The van der Waals surface area contributed by atoms with E-state index in [-0.39, 0.29) is 5.92 Å². The molecule has 0 amide bonds. The van der Waals surface area contributed by atoms with Gasteiger partial charge in [-0.05, 0) is 39.5 Å². The van der Waals surface area contributed by atoms with Gasteiger partial charge in [-0.1, -0.05) is 20.3 Å². The molecule has 0 aromatic rings. The molecule has 1 rings (SSSR count). The average molecular weight is 228 g/mol. The van der Waals surface area contributed by atoms with E-state index in [1.807, 2.05) is 6.92 Å². The smallest absolute Gasteiger partial charge is 0.0780 e. The lowest BCUT2D eigenvalue weighted by molar-refractivity contribution is -0.0308. The van der Waals surface area contributed by atoms with Crippen LogP contribution in [0.1, 0.15) is 53.9 Å². The minimum absolute atomic E-state index is 0.274. The Morgan fingerprint density at radius 3 is 2.25 bits per heavy atom. The Morgan fingerprint density at radius 2 is 1.81 bits per heavy atom. The van der Waals surface area contributed by atoms with Gasteiger partial charge in [0.05, 0.1) is 5.60 Å². The molecule has 0 spiro atoms. The molecular weight excluding hydrogens is 200 g/mol. The number of nitrogens with one attached hydrogen (secondary N) is 1. The van der Waals surface area contributed by atoms with Gasteiger partial charge in [0.25, 0.3) is 0 Å². The van der Waals surface area contributed by atoms with Gasteiger partial charge in [-0.3, -0.25) is 5.43 Å². The zero-order chi connectivity index (χ0) is 12.3. The summed E-state index contributed by atoms with van der Waals surface area (Å²) in [6.07, 6.45) is 3.82. The van der Waals surface area contributed by atoms with E-state index in [4.69, 9.17) is 0 Å². The first-order chi connectivity index (χ1) is 7.34. The molecule has 3 heteroatoms. The molecule has 1 aliphatic heterocycles. The number of rotatable bonds is 4. The number of hydrazine groups is 1. The Kier molecular flexibility index (Phi) is 4.77. The van der Waals surface area contributed by atoms with Gasteiger partial charge in [0, 0.05) is 18.6 Å². The number of hydrogen-bond acceptors (Lipinski definition) is 3. The topological polar surface area (TPSA) is 35.5 Å². The third kappa shape index (κ3) is 3.44. The Labute approximate surface area is 100 Å². The standard InChI is InChI=1S/C13H28N2O/c1-10(2)13(5,16)9-14-15-11(3)7-6-8-12(15)4/h10-12,14,16H,6-9H2,1-5H3. The molecule has 1 aliphatic rings. The maximum absolute atomic E-state index is 10.2. The molecule has 1 saturated heterocycles. The van der Waals surface area contributed by atoms with E-state index in [1.54, 1.807) is 0 Å². The number of piperidine rings is 1. The maximum atomic E-state index is 10.2. The van der Waals surface area contributed by atoms with Crippen LogP contribution in [0.3, 0.4) is 0 Å². The van der Waals surface area contributed by atoms with E-state index in [2.05, 4.69) is 38.1 Å². The minimum Gasteiger partial charge on any atom is -0.389 e. The second-order valence-corrected chi connectivity index (χ2v) is 5.88. The normalized spacial score (nSPS) is 31.7. The van der Waals surface area contributed by atoms with Gasteiger partial charge >= 0.3 is 0 Å². The molecule has 3 unspecified atom stereocenters. The van der Waals surface area contributed by atoms with E-state index in [0.717, 1.165) is 0 Å². The predicted octanol–water partition coefficient (Wildman–Crippen LogP) is 2.16. The fourth-order valence-electron chi connectivity index (χ4n) is 2.19. The first-order valence-electron chi connectivity index (χ1n) is 6.59. The SMILES string of the molecule is CC1CCCC(C)N1NCC(C)(O)C(C)C. The van der Waals surface area contributed by atoms with Crippen molar-refractivity contribution in [3.05, 3.63) is 0 Å². The quantitative estimate of drug-likeness (QED) is 0.774. The summed E-state index contributed by atoms with van der Waals surface area (Å²) in [5.74, 6) is 0.274. The number of aliphatic hydroxyl groups is 1. The van der Waals surface area contributed by atoms with Crippen molar-refractivity contribution in [3.63, 3.8) is 0 Å². The van der Waals surface area contributed by atoms with Gasteiger partial charge in [-0.2, -0.15) is 0 Å². The van der Waals surface area contributed by atoms with Crippen molar-refractivity contribution in [1.29, 1.82) is 0 Å². The first-order valence-corrected chi connectivity index (χ1v) is 6.59. The molecular formula is C13H28N2O. The monoisotopic (exact) mass is 228 g/mol. The van der Waals surface area contributed by atoms with Gasteiger partial charge in [-0.15, -0.1) is 0 Å². The van der Waals surface area contributed by atoms with E-state index >= 15 is 0 Å². The summed E-state index contributed by atoms with van der Waals surface area (Å²) in [5.41, 5.74) is 2.80. The molecule has 3 atom stereocenters. The third-order valence-corrected chi connectivity index (χ3v) is 4.06. The molecule has 0 saturated carbocycles. The highest BCUT2D eigenvalue weighted by Gasteiger charge is 2.29. The summed E-state index contributed by atoms with van der Waals surface area (Å²) < 4.78 is 0. The second-order valence-electron chi connectivity index (χ2n) is 5.88. The minimum atomic E-state index is -0.628. The largest absolute Gasteiger partial charge is 0.389 e. The van der Waals surface area contributed by atoms with Crippen LogP contribution >= 0.6 is 0 Å². The van der Waals surface area contributed by atoms with Gasteiger partial charge < -0.3 is 5.11 Å². The van der Waals surface area contributed by atoms with Crippen molar-refractivity contribution in [3.8, 4) is 0 Å². The molecule has 1 fully saturated rings. The molecule has 3 nitrogen and oxygen atoms in total. The summed E-state index contributed by atoms with van der Waals surface area (Å²) in [6.45, 7) is 11.2. The molecule has 0 aromatic heterocycles. The highest BCUT2D eigenvalue weighted by atomic mass is 16.3. The van der Waals surface area contributed by atoms with Crippen molar-refractivity contribution in [2.24, 2.45) is 5.92 Å². The van der Waals surface area contributed by atoms with E-state index in [9.17, 15) is 5.11 Å². The Bertz CT molecular complexity index is 206. The Balaban J connectivity index is 2.47. The van der Waals surface area contributed by atoms with Gasteiger partial charge in [0.2, 0.25) is 0 Å². The predicted molar refractivity (Wildman–Crippen MR) is 68.1 cm³/mol. The molecule has 2 N–H and O–H groups in total. The molecule has 1 heterocycles. The van der Waals surface area contributed by atoms with Crippen molar-refractivity contribution in [1.82, 2.24) is 10.4 Å². The fraction of sp³-hybridized carbons (Fsp3) is 1.00. The van der Waals surface area contributed by atoms with Crippen molar-refractivity contribution >= 4 is 0 Å². The van der Waals surface area contributed by atoms with Crippen LogP contribution < -0.4 is 5.43 Å². The third-order valence-electron chi connectivity index (χ3n) is 4.06. The van der Waals surface area contributed by atoms with Crippen molar-refractivity contribution in [2.75, 3.05) is 6.54 Å². The highest BCUT2D eigenvalue weighted by molar-refractivity contribution is 4.82. The average Bonchev–Trinajstić information content (AvgIpc) is 2.16. The molecule has 0 radical (unpaired) electrons. The van der Waals surface area contributed by atoms with Crippen LogP contribution in [0.4, 0.5) is 0 Å². The van der Waals surface area contributed by atoms with Crippen LogP contribution in [-0.4, -0.2) is 34.3 Å². The summed E-state index contributed by atoms with van der Waals surface area (Å²) in [7, 11) is 0. The van der Waals surface area contributed by atoms with E-state index < -0.39 is 5.60 Å². The summed E-state index contributed by atoms with van der Waals surface area (Å²) in [4.78, 5) is 0. The van der Waals surface area contributed by atoms with Crippen LogP contribution in [0.5, 0.6) is 0 Å². The van der Waals surface area contributed by atoms with Gasteiger partial charge in [-0.25, -0.2) is 5.01 Å². The number of hydrogen-bond donors (Lipinski definition) is 2. The van der Waals surface area contributed by atoms with Crippen LogP contribution in [0, 0.1) is 5.92 Å². The van der Waals surface area contributed by atoms with Crippen LogP contribution in [0.25, 0.3) is 0 Å². The number of nitrogens with zero attached hydrogens (tertiary/aromatic N) is 1. The summed E-state index contributed by atoms with van der Waals surface area (Å²) in [5, 5.41) is 12.5. The lowest BCUT2D eigenvalue weighted by Crippen LogP contribution is -2.56. The van der Waals surface area contributed by atoms with Crippen LogP contribution in [-0.2, 0) is 0 Å². The fourth-order valence-corrected chi connectivity index (χ4v) is 2.19. The molecule has 16 heavy (non-hydrogen) atoms. The van der Waals surface area contributed by atoms with E-state index in [1.165, 1.54) is 19.3 Å². The highest BCUT2D eigenvalue weighted by Crippen LogP contribution is 2.21. The molecule has 0 bridgehead atoms. The second kappa shape index (κ2) is 5.48. The van der Waals surface area contributed by atoms with Crippen molar-refractivity contribution in [2.45, 2.75) is 71.6 Å². The summed E-state index contributed by atoms with van der Waals surface area (Å²) >= 11 is 0. The summed E-state index contributed by atoms with van der Waals surface area (Å²) in [6, 6.07) is 1.15. The lowest BCUT2D eigenvalue weighted by Gasteiger charge is -2.41. The van der Waals surface area contributed by atoms with Gasteiger partial charge in [0.1, 0.15) is 0 Å². The van der Waals surface area contributed by atoms with Crippen molar-refractivity contribution < 1.29 is 5.11 Å². The Hall–Kier alpha value is -0.120. The van der Waals surface area contributed by atoms with Crippen LogP contribution in [0.15, 0.2) is 0 Å². The molecule has 96 valence electrons. The lowest BCUT2D eigenvalue weighted by atomic mass is 9.92. The van der Waals surface area contributed by atoms with Gasteiger partial charge in [0.15, 0.2) is 0 Å². The maximum Gasteiger partial charge on any atom is 0.0780 e. The molecule has 0 aromatic carbocycles.